The summed E-state index contributed by atoms with van der Waals surface area (Å²) in [6.45, 7) is 1.11. The molecule has 10 heteroatoms. The Morgan fingerprint density at radius 3 is 2.42 bits per heavy atom. The van der Waals surface area contributed by atoms with Gasteiger partial charge < -0.3 is 19.9 Å². The number of ether oxygens (including phenoxy) is 1. The van der Waals surface area contributed by atoms with E-state index >= 15 is 0 Å². The number of fused-ring (bicyclic) bond motifs is 1. The average Bonchev–Trinajstić information content (AvgIpc) is 2.90. The number of nitriles is 1. The molecule has 2 aromatic carbocycles. The summed E-state index contributed by atoms with van der Waals surface area (Å²) >= 11 is 0. The van der Waals surface area contributed by atoms with Crippen LogP contribution >= 0.6 is 0 Å². The molecule has 2 aliphatic rings. The Morgan fingerprint density at radius 2 is 1.78 bits per heavy atom. The topological polar surface area (TPSA) is 94.4 Å². The van der Waals surface area contributed by atoms with Crippen molar-refractivity contribution in [3.05, 3.63) is 71.4 Å². The normalized spacial score (nSPS) is 19.0. The first-order valence-electron chi connectivity index (χ1n) is 11.5. The Morgan fingerprint density at radius 1 is 1.11 bits per heavy atom. The number of likely N-dealkylation sites (N-methyl/N-ethyl adjacent to an activating group) is 2. The average molecular weight is 491 g/mol. The van der Waals surface area contributed by atoms with Crippen molar-refractivity contribution in [3.63, 3.8) is 0 Å². The fourth-order valence-electron chi connectivity index (χ4n) is 4.79. The van der Waals surface area contributed by atoms with Gasteiger partial charge in [-0.05, 0) is 42.7 Å². The quantitative estimate of drug-likeness (QED) is 0.585. The van der Waals surface area contributed by atoms with Gasteiger partial charge >= 0.3 is 0 Å². The van der Waals surface area contributed by atoms with Gasteiger partial charge in [-0.1, -0.05) is 18.2 Å². The number of carbonyl (C=O) groups excluding carboxylic acids is 1. The number of aromatic nitrogens is 2. The molecule has 5 rings (SSSR count). The summed E-state index contributed by atoms with van der Waals surface area (Å²) in [6.07, 6.45) is 2.78. The van der Waals surface area contributed by atoms with Crippen LogP contribution in [0.5, 0.6) is 0 Å². The molecule has 1 N–H and O–H groups in total. The first-order chi connectivity index (χ1) is 17.3. The van der Waals surface area contributed by atoms with Gasteiger partial charge in [0.05, 0.1) is 23.2 Å². The number of anilines is 4. The van der Waals surface area contributed by atoms with Crippen molar-refractivity contribution in [2.45, 2.75) is 24.3 Å². The smallest absolute Gasteiger partial charge is 0.254 e. The molecule has 1 unspecified atom stereocenters. The van der Waals surface area contributed by atoms with Gasteiger partial charge in [0, 0.05) is 33.0 Å². The molecule has 36 heavy (non-hydrogen) atoms. The van der Waals surface area contributed by atoms with Gasteiger partial charge in [0.15, 0.2) is 5.82 Å². The number of benzene rings is 2. The second kappa shape index (κ2) is 9.17. The zero-order valence-corrected chi connectivity index (χ0v) is 19.8. The summed E-state index contributed by atoms with van der Waals surface area (Å²) in [5, 5.41) is 12.9. The van der Waals surface area contributed by atoms with Crippen LogP contribution < -0.4 is 15.1 Å². The summed E-state index contributed by atoms with van der Waals surface area (Å²) in [6, 6.07) is 12.3. The molecule has 2 aliphatic heterocycles. The van der Waals surface area contributed by atoms with Crippen LogP contribution in [0.3, 0.4) is 0 Å². The lowest BCUT2D eigenvalue weighted by Crippen LogP contribution is -2.46. The minimum atomic E-state index is -1.22. The molecule has 8 nitrogen and oxygen atoms in total. The third kappa shape index (κ3) is 3.91. The summed E-state index contributed by atoms with van der Waals surface area (Å²) in [5.74, 6) is -1.49. The van der Waals surface area contributed by atoms with Crippen LogP contribution in [0.15, 0.2) is 48.7 Å². The maximum absolute atomic E-state index is 14.6. The molecule has 3 heterocycles. The Kier molecular flexibility index (Phi) is 6.02. The van der Waals surface area contributed by atoms with E-state index in [-0.39, 0.29) is 11.5 Å². The van der Waals surface area contributed by atoms with Crippen molar-refractivity contribution < 1.29 is 18.3 Å². The Balaban J connectivity index is 1.43. The highest BCUT2D eigenvalue weighted by molar-refractivity contribution is 6.04. The van der Waals surface area contributed by atoms with Crippen LogP contribution in [0.25, 0.3) is 0 Å². The van der Waals surface area contributed by atoms with Crippen molar-refractivity contribution in [1.82, 2.24) is 9.97 Å². The van der Waals surface area contributed by atoms with Gasteiger partial charge in [-0.3, -0.25) is 4.79 Å². The molecule has 1 atom stereocenters. The Hall–Kier alpha value is -4.10. The third-order valence-electron chi connectivity index (χ3n) is 6.92. The number of amides is 1. The molecular formula is C26H24F2N6O2. The second-order valence-corrected chi connectivity index (χ2v) is 8.96. The molecule has 1 fully saturated rings. The molecule has 0 aliphatic carbocycles. The number of halogens is 2. The van der Waals surface area contributed by atoms with Crippen LogP contribution in [0.2, 0.25) is 0 Å². The van der Waals surface area contributed by atoms with E-state index in [9.17, 15) is 18.8 Å². The van der Waals surface area contributed by atoms with Gasteiger partial charge in [-0.15, -0.1) is 0 Å². The minimum Gasteiger partial charge on any atom is -0.381 e. The van der Waals surface area contributed by atoms with Crippen LogP contribution in [-0.4, -0.2) is 43.2 Å². The monoisotopic (exact) mass is 490 g/mol. The highest BCUT2D eigenvalue weighted by Crippen LogP contribution is 2.40. The van der Waals surface area contributed by atoms with Crippen molar-refractivity contribution in [3.8, 4) is 6.07 Å². The van der Waals surface area contributed by atoms with E-state index < -0.39 is 29.0 Å². The largest absolute Gasteiger partial charge is 0.381 e. The second-order valence-electron chi connectivity index (χ2n) is 8.96. The lowest BCUT2D eigenvalue weighted by atomic mass is 9.75. The molecular weight excluding hydrogens is 466 g/mol. The lowest BCUT2D eigenvalue weighted by Gasteiger charge is -2.38. The molecule has 1 aromatic heterocycles. The Bertz CT molecular complexity index is 1330. The molecule has 1 saturated heterocycles. The maximum Gasteiger partial charge on any atom is 0.254 e. The molecule has 0 spiro atoms. The number of nitrogens with one attached hydrogen (secondary N) is 1. The summed E-state index contributed by atoms with van der Waals surface area (Å²) in [5.41, 5.74) is 1.17. The van der Waals surface area contributed by atoms with Gasteiger partial charge in [0.25, 0.3) is 5.91 Å². The number of rotatable bonds is 4. The highest BCUT2D eigenvalue weighted by atomic mass is 19.1. The summed E-state index contributed by atoms with van der Waals surface area (Å²) < 4.78 is 34.5. The minimum absolute atomic E-state index is 0.255. The van der Waals surface area contributed by atoms with E-state index in [1.54, 1.807) is 7.05 Å². The van der Waals surface area contributed by atoms with E-state index in [1.165, 1.54) is 29.1 Å². The van der Waals surface area contributed by atoms with E-state index in [1.807, 2.05) is 24.3 Å². The number of nitrogens with zero attached hydrogens (tertiary/aromatic N) is 5. The maximum atomic E-state index is 14.6. The van der Waals surface area contributed by atoms with Gasteiger partial charge in [0.2, 0.25) is 5.95 Å². The van der Waals surface area contributed by atoms with E-state index in [4.69, 9.17) is 4.74 Å². The van der Waals surface area contributed by atoms with Crippen molar-refractivity contribution in [1.29, 1.82) is 5.26 Å². The molecule has 1 amide bonds. The van der Waals surface area contributed by atoms with Crippen LogP contribution in [-0.2, 0) is 14.9 Å². The first kappa shape index (κ1) is 23.6. The predicted octanol–water partition coefficient (Wildman–Crippen LogP) is 4.22. The molecule has 0 saturated carbocycles. The van der Waals surface area contributed by atoms with E-state index in [0.29, 0.717) is 43.2 Å². The lowest BCUT2D eigenvalue weighted by molar-refractivity contribution is -0.120. The zero-order chi connectivity index (χ0) is 25.4. The predicted molar refractivity (Wildman–Crippen MR) is 130 cm³/mol. The van der Waals surface area contributed by atoms with Crippen molar-refractivity contribution in [2.24, 2.45) is 0 Å². The van der Waals surface area contributed by atoms with Crippen molar-refractivity contribution >= 4 is 29.0 Å². The first-order valence-corrected chi connectivity index (χ1v) is 11.5. The Labute approximate surface area is 207 Å². The standard InChI is InChI=1S/C26H24F2N6O2/c1-33-20-14-30-25(31-17-8-6-16(7-9-17)26(15-29)10-12-36-13-11-26)32-23(20)34(2)22(24(33)35)21-18(27)4-3-5-19(21)28/h3-9,14,22H,10-13H2,1-2H3,(H,30,31,32). The van der Waals surface area contributed by atoms with Gasteiger partial charge in [-0.25, -0.2) is 13.8 Å². The highest BCUT2D eigenvalue weighted by Gasteiger charge is 2.40. The third-order valence-corrected chi connectivity index (χ3v) is 6.92. The fraction of sp³-hybridized carbons (Fsp3) is 0.308. The fourth-order valence-corrected chi connectivity index (χ4v) is 4.79. The molecule has 3 aromatic rings. The SMILES string of the molecule is CN1C(=O)C(c2c(F)cccc2F)N(C)c2nc(Nc3ccc(C4(C#N)CCOCC4)cc3)ncc21. The van der Waals surface area contributed by atoms with Gasteiger partial charge in [0.1, 0.15) is 23.4 Å². The number of hydrogen-bond donors (Lipinski definition) is 1. The molecule has 184 valence electrons. The molecule has 0 radical (unpaired) electrons. The van der Waals surface area contributed by atoms with E-state index in [2.05, 4.69) is 21.4 Å². The van der Waals surface area contributed by atoms with E-state index in [0.717, 1.165) is 17.7 Å². The van der Waals surface area contributed by atoms with Crippen LogP contribution in [0, 0.1) is 23.0 Å². The van der Waals surface area contributed by atoms with Crippen LogP contribution in [0.4, 0.5) is 31.9 Å². The number of carbonyl (C=O) groups is 1. The molecule has 0 bridgehead atoms. The number of hydrogen-bond acceptors (Lipinski definition) is 7. The van der Waals surface area contributed by atoms with Crippen LogP contribution in [0.1, 0.15) is 30.0 Å². The zero-order valence-electron chi connectivity index (χ0n) is 19.8. The summed E-state index contributed by atoms with van der Waals surface area (Å²) in [7, 11) is 3.09. The summed E-state index contributed by atoms with van der Waals surface area (Å²) in [4.78, 5) is 24.7. The van der Waals surface area contributed by atoms with Crippen molar-refractivity contribution in [2.75, 3.05) is 42.4 Å². The van der Waals surface area contributed by atoms with Gasteiger partial charge in [-0.2, -0.15) is 10.2 Å².